The number of halogens is 4. The van der Waals surface area contributed by atoms with Gasteiger partial charge in [-0.2, -0.15) is 13.2 Å². The van der Waals surface area contributed by atoms with Crippen molar-refractivity contribution in [3.63, 3.8) is 0 Å². The number of thiazole rings is 1. The van der Waals surface area contributed by atoms with Crippen molar-refractivity contribution in [2.24, 2.45) is 0 Å². The Morgan fingerprint density at radius 2 is 2.10 bits per heavy atom. The maximum absolute atomic E-state index is 13.6. The monoisotopic (exact) mass is 305 g/mol. The van der Waals surface area contributed by atoms with E-state index in [1.165, 1.54) is 12.3 Å². The van der Waals surface area contributed by atoms with E-state index in [9.17, 15) is 17.6 Å². The number of rotatable bonds is 4. The van der Waals surface area contributed by atoms with E-state index in [0.29, 0.717) is 6.54 Å². The van der Waals surface area contributed by atoms with Gasteiger partial charge in [0.25, 0.3) is 0 Å². The molecular formula is C12H11F4N3S. The number of nitrogens with one attached hydrogen (secondary N) is 1. The van der Waals surface area contributed by atoms with Crippen LogP contribution in [0.5, 0.6) is 0 Å². The highest BCUT2D eigenvalue weighted by atomic mass is 32.1. The summed E-state index contributed by atoms with van der Waals surface area (Å²) in [7, 11) is 0. The molecule has 0 amide bonds. The van der Waals surface area contributed by atoms with Crippen molar-refractivity contribution >= 4 is 11.3 Å². The molecule has 0 aromatic carbocycles. The Labute approximate surface area is 116 Å². The van der Waals surface area contributed by atoms with Crippen LogP contribution in [-0.2, 0) is 12.7 Å². The van der Waals surface area contributed by atoms with Gasteiger partial charge in [-0.15, -0.1) is 11.3 Å². The molecule has 0 atom stereocenters. The Bertz CT molecular complexity index is 595. The summed E-state index contributed by atoms with van der Waals surface area (Å²) in [5, 5.41) is 2.83. The Morgan fingerprint density at radius 1 is 1.35 bits per heavy atom. The summed E-state index contributed by atoms with van der Waals surface area (Å²) in [5.74, 6) is -0.690. The lowest BCUT2D eigenvalue weighted by atomic mass is 10.2. The summed E-state index contributed by atoms with van der Waals surface area (Å²) in [6.07, 6.45) is -2.28. The molecule has 2 aromatic rings. The summed E-state index contributed by atoms with van der Waals surface area (Å²) in [6.45, 7) is 2.38. The topological polar surface area (TPSA) is 37.8 Å². The lowest BCUT2D eigenvalue weighted by Crippen LogP contribution is -2.15. The Kier molecular flexibility index (Phi) is 4.34. The summed E-state index contributed by atoms with van der Waals surface area (Å²) < 4.78 is 52.3. The Hall–Kier alpha value is -1.54. The first kappa shape index (κ1) is 14.9. The van der Waals surface area contributed by atoms with E-state index in [1.807, 2.05) is 0 Å². The Balaban J connectivity index is 2.46. The summed E-state index contributed by atoms with van der Waals surface area (Å²) >= 11 is 0.832. The molecule has 2 rings (SSSR count). The van der Waals surface area contributed by atoms with Crippen LogP contribution < -0.4 is 5.32 Å². The number of alkyl halides is 3. The van der Waals surface area contributed by atoms with Crippen LogP contribution >= 0.6 is 11.3 Å². The molecular weight excluding hydrogens is 294 g/mol. The molecule has 108 valence electrons. The molecule has 0 unspecified atom stereocenters. The minimum absolute atomic E-state index is 0.00475. The quantitative estimate of drug-likeness (QED) is 0.879. The summed E-state index contributed by atoms with van der Waals surface area (Å²) in [5.41, 5.74) is -0.937. The molecule has 8 heteroatoms. The van der Waals surface area contributed by atoms with Gasteiger partial charge in [0.05, 0.1) is 11.1 Å². The van der Waals surface area contributed by atoms with Crippen molar-refractivity contribution in [2.45, 2.75) is 19.6 Å². The fourth-order valence-corrected chi connectivity index (χ4v) is 2.67. The van der Waals surface area contributed by atoms with Gasteiger partial charge in [-0.3, -0.25) is 4.98 Å². The highest BCUT2D eigenvalue weighted by molar-refractivity contribution is 7.15. The lowest BCUT2D eigenvalue weighted by molar-refractivity contribution is -0.141. The highest BCUT2D eigenvalue weighted by Crippen LogP contribution is 2.38. The lowest BCUT2D eigenvalue weighted by Gasteiger charge is -2.05. The SMILES string of the molecule is CCNCc1sc(-c2ccncc2F)nc1C(F)(F)F. The van der Waals surface area contributed by atoms with Crippen LogP contribution in [0, 0.1) is 5.82 Å². The third kappa shape index (κ3) is 3.13. The van der Waals surface area contributed by atoms with Crippen LogP contribution in [0.2, 0.25) is 0 Å². The van der Waals surface area contributed by atoms with Gasteiger partial charge in [-0.05, 0) is 12.6 Å². The van der Waals surface area contributed by atoms with Crippen molar-refractivity contribution in [1.29, 1.82) is 0 Å². The summed E-state index contributed by atoms with van der Waals surface area (Å²) in [6, 6.07) is 1.31. The standard InChI is InChI=1S/C12H11F4N3S/c1-2-17-6-9-10(12(14,15)16)19-11(20-9)7-3-4-18-5-8(7)13/h3-5,17H,2,6H2,1H3. The van der Waals surface area contributed by atoms with Gasteiger partial charge >= 0.3 is 6.18 Å². The van der Waals surface area contributed by atoms with Gasteiger partial charge in [0.15, 0.2) is 11.5 Å². The van der Waals surface area contributed by atoms with E-state index < -0.39 is 17.7 Å². The smallest absolute Gasteiger partial charge is 0.312 e. The van der Waals surface area contributed by atoms with Crippen LogP contribution in [0.4, 0.5) is 17.6 Å². The maximum Gasteiger partial charge on any atom is 0.434 e. The fourth-order valence-electron chi connectivity index (χ4n) is 1.60. The zero-order valence-corrected chi connectivity index (χ0v) is 11.3. The minimum atomic E-state index is -4.55. The normalized spacial score (nSPS) is 11.8. The van der Waals surface area contributed by atoms with Gasteiger partial charge in [-0.1, -0.05) is 6.92 Å². The molecule has 1 N–H and O–H groups in total. The molecule has 0 aliphatic rings. The van der Waals surface area contributed by atoms with E-state index in [0.717, 1.165) is 17.5 Å². The van der Waals surface area contributed by atoms with Crippen LogP contribution in [0.1, 0.15) is 17.5 Å². The number of nitrogens with zero attached hydrogens (tertiary/aromatic N) is 2. The molecule has 0 aliphatic carbocycles. The largest absolute Gasteiger partial charge is 0.434 e. The van der Waals surface area contributed by atoms with Gasteiger partial charge < -0.3 is 5.32 Å². The zero-order valence-electron chi connectivity index (χ0n) is 10.5. The number of pyridine rings is 1. The van der Waals surface area contributed by atoms with Crippen molar-refractivity contribution in [3.05, 3.63) is 34.8 Å². The van der Waals surface area contributed by atoms with E-state index in [2.05, 4.69) is 15.3 Å². The summed E-state index contributed by atoms with van der Waals surface area (Å²) in [4.78, 5) is 7.16. The molecule has 0 radical (unpaired) electrons. The van der Waals surface area contributed by atoms with Crippen molar-refractivity contribution in [3.8, 4) is 10.6 Å². The molecule has 20 heavy (non-hydrogen) atoms. The first-order valence-electron chi connectivity index (χ1n) is 5.81. The van der Waals surface area contributed by atoms with Gasteiger partial charge in [0.1, 0.15) is 5.01 Å². The molecule has 0 saturated heterocycles. The first-order valence-corrected chi connectivity index (χ1v) is 6.62. The van der Waals surface area contributed by atoms with Crippen LogP contribution in [-0.4, -0.2) is 16.5 Å². The average molecular weight is 305 g/mol. The molecule has 0 saturated carbocycles. The van der Waals surface area contributed by atoms with Gasteiger partial charge in [0, 0.05) is 18.3 Å². The van der Waals surface area contributed by atoms with Crippen LogP contribution in [0.3, 0.4) is 0 Å². The van der Waals surface area contributed by atoms with Crippen LogP contribution in [0.15, 0.2) is 18.5 Å². The molecule has 3 nitrogen and oxygen atoms in total. The van der Waals surface area contributed by atoms with E-state index >= 15 is 0 Å². The predicted octanol–water partition coefficient (Wildman–Crippen LogP) is 3.47. The molecule has 2 heterocycles. The van der Waals surface area contributed by atoms with Crippen molar-refractivity contribution in [2.75, 3.05) is 6.54 Å². The van der Waals surface area contributed by atoms with Gasteiger partial charge in [0.2, 0.25) is 0 Å². The second-order valence-corrected chi connectivity index (χ2v) is 5.01. The van der Waals surface area contributed by atoms with E-state index in [1.54, 1.807) is 6.92 Å². The third-order valence-electron chi connectivity index (χ3n) is 2.50. The number of aromatic nitrogens is 2. The molecule has 0 spiro atoms. The zero-order chi connectivity index (χ0) is 14.8. The molecule has 0 bridgehead atoms. The minimum Gasteiger partial charge on any atom is -0.312 e. The fraction of sp³-hybridized carbons (Fsp3) is 0.333. The second kappa shape index (κ2) is 5.84. The number of hydrogen-bond acceptors (Lipinski definition) is 4. The van der Waals surface area contributed by atoms with Crippen molar-refractivity contribution < 1.29 is 17.6 Å². The van der Waals surface area contributed by atoms with Gasteiger partial charge in [-0.25, -0.2) is 9.37 Å². The van der Waals surface area contributed by atoms with Crippen LogP contribution in [0.25, 0.3) is 10.6 Å². The first-order chi connectivity index (χ1) is 9.43. The highest BCUT2D eigenvalue weighted by Gasteiger charge is 2.37. The third-order valence-corrected chi connectivity index (χ3v) is 3.59. The molecule has 0 aliphatic heterocycles. The maximum atomic E-state index is 13.6. The number of hydrogen-bond donors (Lipinski definition) is 1. The Morgan fingerprint density at radius 3 is 2.70 bits per heavy atom. The van der Waals surface area contributed by atoms with E-state index in [4.69, 9.17) is 0 Å². The predicted molar refractivity (Wildman–Crippen MR) is 67.7 cm³/mol. The van der Waals surface area contributed by atoms with Crippen molar-refractivity contribution in [1.82, 2.24) is 15.3 Å². The average Bonchev–Trinajstić information content (AvgIpc) is 2.80. The second-order valence-electron chi connectivity index (χ2n) is 3.92. The molecule has 0 fully saturated rings. The molecule has 2 aromatic heterocycles. The van der Waals surface area contributed by atoms with E-state index in [-0.39, 0.29) is 22.0 Å².